The molecule has 0 radical (unpaired) electrons. The van der Waals surface area contributed by atoms with E-state index in [1.165, 1.54) is 5.56 Å². The Labute approximate surface area is 79.2 Å². The molecule has 3 nitrogen and oxygen atoms in total. The summed E-state index contributed by atoms with van der Waals surface area (Å²) >= 11 is 0. The first-order valence-electron chi connectivity index (χ1n) is 4.67. The molecule has 13 heavy (non-hydrogen) atoms. The average Bonchev–Trinajstić information content (AvgIpc) is 2.84. The number of hydrogen-bond acceptors (Lipinski definition) is 3. The summed E-state index contributed by atoms with van der Waals surface area (Å²) in [5.41, 5.74) is 1.18. The van der Waals surface area contributed by atoms with Gasteiger partial charge in [0.15, 0.2) is 0 Å². The lowest BCUT2D eigenvalue weighted by Crippen LogP contribution is -1.94. The Morgan fingerprint density at radius 3 is 2.08 bits per heavy atom. The van der Waals surface area contributed by atoms with Gasteiger partial charge in [0.05, 0.1) is 18.2 Å². The van der Waals surface area contributed by atoms with Gasteiger partial charge in [0.1, 0.15) is 0 Å². The van der Waals surface area contributed by atoms with Gasteiger partial charge < -0.3 is 13.9 Å². The van der Waals surface area contributed by atoms with E-state index in [0.717, 1.165) is 11.4 Å². The molecule has 0 amide bonds. The minimum atomic E-state index is -2.68. The zero-order chi connectivity index (χ0) is 9.90. The van der Waals surface area contributed by atoms with E-state index in [9.17, 15) is 4.89 Å². The van der Waals surface area contributed by atoms with E-state index in [1.54, 1.807) is 0 Å². The molecule has 0 aliphatic rings. The second-order valence-corrected chi connectivity index (χ2v) is 4.80. The third kappa shape index (κ3) is 2.44. The SMILES string of the molecule is CCOP(O)(OCC)=c1cc1CC. The van der Waals surface area contributed by atoms with Crippen molar-refractivity contribution in [1.29, 1.82) is 0 Å². The highest BCUT2D eigenvalue weighted by molar-refractivity contribution is 7.52. The zero-order valence-corrected chi connectivity index (χ0v) is 9.30. The summed E-state index contributed by atoms with van der Waals surface area (Å²) in [6, 6.07) is 1.96. The van der Waals surface area contributed by atoms with Crippen LogP contribution in [0, 0.1) is 4.94 Å². The van der Waals surface area contributed by atoms with Gasteiger partial charge in [-0.25, -0.2) is 0 Å². The molecule has 0 spiro atoms. The van der Waals surface area contributed by atoms with Gasteiger partial charge >= 0.3 is 0 Å². The predicted octanol–water partition coefficient (Wildman–Crippen LogP) is 2.48. The smallest absolute Gasteiger partial charge is 0.262 e. The van der Waals surface area contributed by atoms with E-state index < -0.39 is 7.57 Å². The molecule has 0 aliphatic heterocycles. The van der Waals surface area contributed by atoms with Crippen molar-refractivity contribution in [2.75, 3.05) is 13.2 Å². The van der Waals surface area contributed by atoms with Crippen LogP contribution in [0.25, 0.3) is 0 Å². The third-order valence-electron chi connectivity index (χ3n) is 1.85. The van der Waals surface area contributed by atoms with Gasteiger partial charge in [-0.1, -0.05) is 6.92 Å². The highest BCUT2D eigenvalue weighted by Gasteiger charge is 2.21. The largest absolute Gasteiger partial charge is 0.332 e. The lowest BCUT2D eigenvalue weighted by molar-refractivity contribution is 0.206. The van der Waals surface area contributed by atoms with Crippen molar-refractivity contribution in [2.24, 2.45) is 0 Å². The van der Waals surface area contributed by atoms with Crippen molar-refractivity contribution in [3.05, 3.63) is 16.6 Å². The Balaban J connectivity index is 2.92. The van der Waals surface area contributed by atoms with Crippen LogP contribution in [0.1, 0.15) is 26.3 Å². The molecule has 4 heteroatoms. The van der Waals surface area contributed by atoms with Crippen molar-refractivity contribution in [1.82, 2.24) is 0 Å². The van der Waals surface area contributed by atoms with Crippen LogP contribution in [0.3, 0.4) is 0 Å². The summed E-state index contributed by atoms with van der Waals surface area (Å²) in [5, 5.41) is 0. The van der Waals surface area contributed by atoms with Crippen LogP contribution in [-0.4, -0.2) is 18.1 Å². The fourth-order valence-corrected chi connectivity index (χ4v) is 3.09. The highest BCUT2D eigenvalue weighted by Crippen LogP contribution is 2.51. The van der Waals surface area contributed by atoms with Gasteiger partial charge in [0, 0.05) is 0 Å². The lowest BCUT2D eigenvalue weighted by Gasteiger charge is -2.16. The first-order chi connectivity index (χ1) is 6.18. The van der Waals surface area contributed by atoms with Crippen molar-refractivity contribution in [3.8, 4) is 0 Å². The predicted molar refractivity (Wildman–Crippen MR) is 53.8 cm³/mol. The highest BCUT2D eigenvalue weighted by atomic mass is 31.2. The standard InChI is InChI=1S/C9H17O3P/c1-4-8-7-9(8)13(10,11-5-2)12-6-3/h7,10H,4-6H2,1-3H3. The average molecular weight is 204 g/mol. The maximum Gasteiger partial charge on any atom is 0.262 e. The molecule has 1 N–H and O–H groups in total. The van der Waals surface area contributed by atoms with E-state index in [-0.39, 0.29) is 0 Å². The number of rotatable bonds is 5. The molecule has 1 rings (SSSR count). The normalized spacial score (nSPS) is 12.6. The molecule has 0 unspecified atom stereocenters. The molecule has 0 heterocycles. The molecule has 0 bridgehead atoms. The Morgan fingerprint density at radius 2 is 1.77 bits per heavy atom. The quantitative estimate of drug-likeness (QED) is 0.749. The first-order valence-corrected chi connectivity index (χ1v) is 6.25. The van der Waals surface area contributed by atoms with Crippen molar-refractivity contribution in [2.45, 2.75) is 27.2 Å². The zero-order valence-electron chi connectivity index (χ0n) is 8.41. The van der Waals surface area contributed by atoms with Gasteiger partial charge in [-0.3, -0.25) is 0 Å². The molecular weight excluding hydrogens is 187 g/mol. The van der Waals surface area contributed by atoms with E-state index in [0.29, 0.717) is 13.2 Å². The van der Waals surface area contributed by atoms with E-state index >= 15 is 0 Å². The number of aryl methyl sites for hydroxylation is 1. The van der Waals surface area contributed by atoms with Crippen molar-refractivity contribution < 1.29 is 13.9 Å². The molecular formula is C9H17O3P. The van der Waals surface area contributed by atoms with Crippen LogP contribution >= 0.6 is 7.57 Å². The van der Waals surface area contributed by atoms with Crippen LogP contribution < -0.4 is 0 Å². The molecule has 0 atom stereocenters. The van der Waals surface area contributed by atoms with Gasteiger partial charge in [0.2, 0.25) is 0 Å². The fourth-order valence-electron chi connectivity index (χ4n) is 1.20. The summed E-state index contributed by atoms with van der Waals surface area (Å²) in [5.74, 6) is 0. The van der Waals surface area contributed by atoms with Crippen LogP contribution in [0.15, 0.2) is 6.07 Å². The maximum absolute atomic E-state index is 10.0. The Hall–Kier alpha value is -0.0800. The molecule has 0 saturated carbocycles. The molecule has 0 aliphatic carbocycles. The van der Waals surface area contributed by atoms with Crippen LogP contribution in [0.4, 0.5) is 0 Å². The topological polar surface area (TPSA) is 38.7 Å². The number of hydrogen-bond donors (Lipinski definition) is 1. The van der Waals surface area contributed by atoms with E-state index in [1.807, 2.05) is 19.9 Å². The maximum atomic E-state index is 10.0. The second kappa shape index (κ2) is 4.43. The third-order valence-corrected chi connectivity index (χ3v) is 4.09. The Kier molecular flexibility index (Phi) is 3.74. The summed E-state index contributed by atoms with van der Waals surface area (Å²) in [7, 11) is -2.68. The molecule has 0 aromatic heterocycles. The Morgan fingerprint density at radius 1 is 1.23 bits per heavy atom. The van der Waals surface area contributed by atoms with Crippen molar-refractivity contribution in [3.63, 3.8) is 0 Å². The van der Waals surface area contributed by atoms with Crippen LogP contribution in [0.5, 0.6) is 0 Å². The lowest BCUT2D eigenvalue weighted by atomic mass is 10.4. The van der Waals surface area contributed by atoms with Gasteiger partial charge in [0.25, 0.3) is 7.57 Å². The fraction of sp³-hybridized carbons (Fsp3) is 0.667. The Bertz CT molecular complexity index is 300. The van der Waals surface area contributed by atoms with Gasteiger partial charge in [-0.15, -0.1) is 0 Å². The van der Waals surface area contributed by atoms with Crippen molar-refractivity contribution >= 4 is 7.57 Å². The molecule has 0 fully saturated rings. The summed E-state index contributed by atoms with van der Waals surface area (Å²) < 4.78 is 10.6. The molecule has 0 saturated heterocycles. The molecule has 1 aromatic rings. The summed E-state index contributed by atoms with van der Waals surface area (Å²) in [6.07, 6.45) is 0.942. The van der Waals surface area contributed by atoms with E-state index in [2.05, 4.69) is 6.92 Å². The molecule has 1 aromatic carbocycles. The summed E-state index contributed by atoms with van der Waals surface area (Å²) in [6.45, 7) is 6.75. The monoisotopic (exact) mass is 204 g/mol. The van der Waals surface area contributed by atoms with Gasteiger partial charge in [-0.2, -0.15) is 0 Å². The van der Waals surface area contributed by atoms with Gasteiger partial charge in [-0.05, 0) is 31.9 Å². The van der Waals surface area contributed by atoms with E-state index in [4.69, 9.17) is 9.05 Å². The first kappa shape index (κ1) is 11.0. The minimum Gasteiger partial charge on any atom is -0.332 e. The van der Waals surface area contributed by atoms with Crippen LogP contribution in [0.2, 0.25) is 0 Å². The second-order valence-electron chi connectivity index (χ2n) is 2.76. The summed E-state index contributed by atoms with van der Waals surface area (Å²) in [4.78, 5) is 10.9. The molecule has 76 valence electrons. The minimum absolute atomic E-state index is 0.485. The van der Waals surface area contributed by atoms with Crippen LogP contribution in [-0.2, 0) is 15.5 Å².